The molecule has 0 aliphatic carbocycles. The van der Waals surface area contributed by atoms with Crippen molar-refractivity contribution in [1.82, 2.24) is 15.0 Å². The number of hydrogen-bond donors (Lipinski definition) is 0. The van der Waals surface area contributed by atoms with Gasteiger partial charge in [-0.15, -0.1) is 5.10 Å². The summed E-state index contributed by atoms with van der Waals surface area (Å²) in [5, 5.41) is 17.3. The topological polar surface area (TPSA) is 63.7 Å². The molecule has 0 saturated carbocycles. The molecule has 0 unspecified atom stereocenters. The zero-order valence-corrected chi connectivity index (χ0v) is 14.3. The summed E-state index contributed by atoms with van der Waals surface area (Å²) >= 11 is 0. The largest absolute Gasteiger partial charge is 0.494 e. The second-order valence-corrected chi connectivity index (χ2v) is 6.74. The number of nitriles is 1. The molecule has 0 atom stereocenters. The minimum atomic E-state index is -0.146. The molecule has 0 amide bonds. The highest BCUT2D eigenvalue weighted by molar-refractivity contribution is 5.30. The first-order chi connectivity index (χ1) is 10.9. The predicted molar refractivity (Wildman–Crippen MR) is 89.3 cm³/mol. The average molecular weight is 312 g/mol. The molecule has 0 radical (unpaired) electrons. The van der Waals surface area contributed by atoms with Gasteiger partial charge in [0.25, 0.3) is 0 Å². The van der Waals surface area contributed by atoms with Gasteiger partial charge in [-0.05, 0) is 31.9 Å². The fourth-order valence-corrected chi connectivity index (χ4v) is 2.48. The van der Waals surface area contributed by atoms with Gasteiger partial charge in [-0.3, -0.25) is 0 Å². The first-order valence-corrected chi connectivity index (χ1v) is 7.95. The summed E-state index contributed by atoms with van der Waals surface area (Å²) in [6.45, 7) is 9.70. The lowest BCUT2D eigenvalue weighted by molar-refractivity contribution is 0.300. The summed E-state index contributed by atoms with van der Waals surface area (Å²) in [7, 11) is 0. The van der Waals surface area contributed by atoms with Crippen LogP contribution in [-0.2, 0) is 12.0 Å². The normalized spacial score (nSPS) is 11.3. The number of rotatable bonds is 6. The molecule has 1 heterocycles. The van der Waals surface area contributed by atoms with Crippen molar-refractivity contribution < 1.29 is 4.74 Å². The van der Waals surface area contributed by atoms with Crippen molar-refractivity contribution in [1.29, 1.82) is 5.26 Å². The molecule has 122 valence electrons. The quantitative estimate of drug-likeness (QED) is 0.764. The second kappa shape index (κ2) is 7.28. The first-order valence-electron chi connectivity index (χ1n) is 7.95. The van der Waals surface area contributed by atoms with Crippen LogP contribution in [0, 0.1) is 18.3 Å². The zero-order chi connectivity index (χ0) is 16.9. The van der Waals surface area contributed by atoms with Gasteiger partial charge >= 0.3 is 0 Å². The van der Waals surface area contributed by atoms with E-state index < -0.39 is 0 Å². The standard InChI is InChI=1S/C18H24N4O/c1-14-7-9-15(10-8-14)23-12-6-5-11-22-17(18(2,3)4)16(13-19)20-21-22/h7-10H,5-6,11-12H2,1-4H3. The maximum Gasteiger partial charge on any atom is 0.186 e. The minimum Gasteiger partial charge on any atom is -0.494 e. The van der Waals surface area contributed by atoms with E-state index in [1.54, 1.807) is 0 Å². The summed E-state index contributed by atoms with van der Waals surface area (Å²) in [4.78, 5) is 0. The Morgan fingerprint density at radius 3 is 2.48 bits per heavy atom. The van der Waals surface area contributed by atoms with E-state index in [1.165, 1.54) is 5.56 Å². The van der Waals surface area contributed by atoms with Crippen LogP contribution in [0.2, 0.25) is 0 Å². The van der Waals surface area contributed by atoms with Gasteiger partial charge in [-0.25, -0.2) is 4.68 Å². The highest BCUT2D eigenvalue weighted by Gasteiger charge is 2.25. The first kappa shape index (κ1) is 17.0. The van der Waals surface area contributed by atoms with Crippen LogP contribution in [-0.4, -0.2) is 21.6 Å². The van der Waals surface area contributed by atoms with Crippen molar-refractivity contribution in [2.75, 3.05) is 6.61 Å². The Labute approximate surface area is 137 Å². The van der Waals surface area contributed by atoms with Crippen molar-refractivity contribution in [3.63, 3.8) is 0 Å². The molecule has 0 bridgehead atoms. The van der Waals surface area contributed by atoms with E-state index in [9.17, 15) is 0 Å². The van der Waals surface area contributed by atoms with Gasteiger partial charge in [0.15, 0.2) is 5.69 Å². The lowest BCUT2D eigenvalue weighted by atomic mass is 9.90. The molecule has 1 aromatic heterocycles. The molecule has 1 aromatic carbocycles. The summed E-state index contributed by atoms with van der Waals surface area (Å²) in [5.41, 5.74) is 2.41. The molecule has 0 aliphatic rings. The van der Waals surface area contributed by atoms with E-state index in [0.29, 0.717) is 12.3 Å². The summed E-state index contributed by atoms with van der Waals surface area (Å²) in [6.07, 6.45) is 1.86. The smallest absolute Gasteiger partial charge is 0.186 e. The number of nitrogens with zero attached hydrogens (tertiary/aromatic N) is 4. The molecule has 2 rings (SSSR count). The van der Waals surface area contributed by atoms with Crippen molar-refractivity contribution in [3.05, 3.63) is 41.2 Å². The molecule has 23 heavy (non-hydrogen) atoms. The Morgan fingerprint density at radius 1 is 1.17 bits per heavy atom. The van der Waals surface area contributed by atoms with Crippen LogP contribution < -0.4 is 4.74 Å². The molecule has 0 aliphatic heterocycles. The molecular weight excluding hydrogens is 288 g/mol. The van der Waals surface area contributed by atoms with E-state index in [4.69, 9.17) is 10.00 Å². The van der Waals surface area contributed by atoms with Crippen LogP contribution >= 0.6 is 0 Å². The van der Waals surface area contributed by atoms with Gasteiger partial charge in [0.1, 0.15) is 11.8 Å². The van der Waals surface area contributed by atoms with E-state index in [2.05, 4.69) is 44.1 Å². The van der Waals surface area contributed by atoms with Crippen LogP contribution in [0.5, 0.6) is 5.75 Å². The van der Waals surface area contributed by atoms with Crippen LogP contribution in [0.4, 0.5) is 0 Å². The molecule has 5 heteroatoms. The van der Waals surface area contributed by atoms with Crippen molar-refractivity contribution in [2.24, 2.45) is 0 Å². The Bertz CT molecular complexity index is 675. The maximum atomic E-state index is 9.16. The van der Waals surface area contributed by atoms with Gasteiger partial charge in [0, 0.05) is 12.0 Å². The molecule has 0 saturated heterocycles. The van der Waals surface area contributed by atoms with Crippen LogP contribution in [0.25, 0.3) is 0 Å². The van der Waals surface area contributed by atoms with Gasteiger partial charge in [-0.2, -0.15) is 5.26 Å². The van der Waals surface area contributed by atoms with E-state index >= 15 is 0 Å². The van der Waals surface area contributed by atoms with Gasteiger partial charge in [0.2, 0.25) is 0 Å². The third-order valence-corrected chi connectivity index (χ3v) is 3.61. The summed E-state index contributed by atoms with van der Waals surface area (Å²) in [5.74, 6) is 0.901. The number of ether oxygens (including phenoxy) is 1. The Kier molecular flexibility index (Phi) is 5.38. The fraction of sp³-hybridized carbons (Fsp3) is 0.500. The third kappa shape index (κ3) is 4.56. The Hall–Kier alpha value is -2.35. The number of benzene rings is 1. The number of hydrogen-bond acceptors (Lipinski definition) is 4. The van der Waals surface area contributed by atoms with Crippen LogP contribution in [0.15, 0.2) is 24.3 Å². The van der Waals surface area contributed by atoms with Crippen molar-refractivity contribution in [3.8, 4) is 11.8 Å². The Morgan fingerprint density at radius 2 is 1.87 bits per heavy atom. The van der Waals surface area contributed by atoms with Crippen LogP contribution in [0.3, 0.4) is 0 Å². The second-order valence-electron chi connectivity index (χ2n) is 6.74. The predicted octanol–water partition coefficient (Wildman–Crippen LogP) is 3.61. The third-order valence-electron chi connectivity index (χ3n) is 3.61. The number of unbranched alkanes of at least 4 members (excludes halogenated alkanes) is 1. The molecule has 2 aromatic rings. The number of aromatic nitrogens is 3. The van der Waals surface area contributed by atoms with Crippen molar-refractivity contribution in [2.45, 2.75) is 52.5 Å². The molecule has 0 spiro atoms. The minimum absolute atomic E-state index is 0.146. The molecule has 0 fully saturated rings. The number of aryl methyl sites for hydroxylation is 2. The lowest BCUT2D eigenvalue weighted by Gasteiger charge is -2.19. The molecule has 0 N–H and O–H groups in total. The van der Waals surface area contributed by atoms with Gasteiger partial charge in [0.05, 0.1) is 12.3 Å². The Balaban J connectivity index is 1.84. The summed E-state index contributed by atoms with van der Waals surface area (Å²) in [6, 6.07) is 10.2. The van der Waals surface area contributed by atoms with E-state index in [-0.39, 0.29) is 5.41 Å². The van der Waals surface area contributed by atoms with Crippen molar-refractivity contribution >= 4 is 0 Å². The SMILES string of the molecule is Cc1ccc(OCCCCn2nnc(C#N)c2C(C)(C)C)cc1. The monoisotopic (exact) mass is 312 g/mol. The van der Waals surface area contributed by atoms with E-state index in [1.807, 2.05) is 28.9 Å². The van der Waals surface area contributed by atoms with Crippen LogP contribution in [0.1, 0.15) is 50.6 Å². The average Bonchev–Trinajstić information content (AvgIpc) is 2.92. The fourth-order valence-electron chi connectivity index (χ4n) is 2.48. The summed E-state index contributed by atoms with van der Waals surface area (Å²) < 4.78 is 7.58. The zero-order valence-electron chi connectivity index (χ0n) is 14.3. The molecule has 5 nitrogen and oxygen atoms in total. The molecular formula is C18H24N4O. The maximum absolute atomic E-state index is 9.16. The highest BCUT2D eigenvalue weighted by Crippen LogP contribution is 2.24. The highest BCUT2D eigenvalue weighted by atomic mass is 16.5. The lowest BCUT2D eigenvalue weighted by Crippen LogP contribution is -2.20. The van der Waals surface area contributed by atoms with Gasteiger partial charge in [-0.1, -0.05) is 43.7 Å². The van der Waals surface area contributed by atoms with E-state index in [0.717, 1.165) is 30.8 Å². The van der Waals surface area contributed by atoms with Gasteiger partial charge < -0.3 is 4.74 Å².